The number of ether oxygens (including phenoxy) is 2. The first-order valence-corrected chi connectivity index (χ1v) is 7.11. The van der Waals surface area contributed by atoms with Crippen molar-refractivity contribution in [3.05, 3.63) is 22.7 Å². The van der Waals surface area contributed by atoms with Crippen molar-refractivity contribution < 1.29 is 14.3 Å². The van der Waals surface area contributed by atoms with Crippen LogP contribution in [0.25, 0.3) is 0 Å². The maximum atomic E-state index is 12.4. The third-order valence-corrected chi connectivity index (χ3v) is 4.41. The number of halogens is 1. The summed E-state index contributed by atoms with van der Waals surface area (Å²) in [7, 11) is 1.58. The van der Waals surface area contributed by atoms with Crippen molar-refractivity contribution in [3.8, 4) is 11.5 Å². The Kier molecular flexibility index (Phi) is 3.17. The number of carbonyl (C=O) groups is 1. The van der Waals surface area contributed by atoms with Gasteiger partial charge in [-0.3, -0.25) is 4.79 Å². The van der Waals surface area contributed by atoms with Crippen LogP contribution in [0.3, 0.4) is 0 Å². The van der Waals surface area contributed by atoms with Crippen LogP contribution in [0.15, 0.2) is 12.1 Å². The second-order valence-corrected chi connectivity index (χ2v) is 5.84. The van der Waals surface area contributed by atoms with Crippen LogP contribution in [0.5, 0.6) is 11.5 Å². The van der Waals surface area contributed by atoms with Gasteiger partial charge in [0.25, 0.3) is 0 Å². The molecule has 0 bridgehead atoms. The lowest BCUT2D eigenvalue weighted by molar-refractivity contribution is 0.0135. The van der Waals surface area contributed by atoms with Crippen LogP contribution < -0.4 is 9.47 Å². The van der Waals surface area contributed by atoms with Gasteiger partial charge in [0, 0.05) is 6.07 Å². The second-order valence-electron chi connectivity index (χ2n) is 5.43. The van der Waals surface area contributed by atoms with Crippen molar-refractivity contribution in [1.29, 1.82) is 0 Å². The Bertz CT molecular complexity index is 518. The highest BCUT2D eigenvalue weighted by Gasteiger charge is 2.42. The number of hydrogen-bond donors (Lipinski definition) is 0. The predicted molar refractivity (Wildman–Crippen MR) is 73.4 cm³/mol. The summed E-state index contributed by atoms with van der Waals surface area (Å²) in [6.45, 7) is 0. The molecule has 1 fully saturated rings. The second kappa shape index (κ2) is 4.71. The zero-order chi connectivity index (χ0) is 13.5. The van der Waals surface area contributed by atoms with Crippen molar-refractivity contribution in [2.45, 2.75) is 44.1 Å². The van der Waals surface area contributed by atoms with E-state index in [-0.39, 0.29) is 11.4 Å². The molecule has 1 aliphatic carbocycles. The maximum absolute atomic E-state index is 12.4. The zero-order valence-electron chi connectivity index (χ0n) is 11.0. The van der Waals surface area contributed by atoms with E-state index < -0.39 is 0 Å². The summed E-state index contributed by atoms with van der Waals surface area (Å²) in [5.74, 6) is 1.31. The van der Waals surface area contributed by atoms with E-state index in [2.05, 4.69) is 0 Å². The fourth-order valence-corrected chi connectivity index (χ4v) is 3.46. The molecule has 0 atom stereocenters. The normalized spacial score (nSPS) is 20.8. The standard InChI is InChI=1S/C15H17ClO3/c1-18-10-7-11(16)14-12(17)9-15(19-13(14)8-10)5-3-2-4-6-15/h7-8H,2-6,9H2,1H3. The van der Waals surface area contributed by atoms with Crippen LogP contribution in [0.1, 0.15) is 48.9 Å². The molecule has 0 radical (unpaired) electrons. The third-order valence-electron chi connectivity index (χ3n) is 4.12. The highest BCUT2D eigenvalue weighted by atomic mass is 35.5. The van der Waals surface area contributed by atoms with Gasteiger partial charge < -0.3 is 9.47 Å². The van der Waals surface area contributed by atoms with Gasteiger partial charge >= 0.3 is 0 Å². The Balaban J connectivity index is 2.02. The van der Waals surface area contributed by atoms with E-state index >= 15 is 0 Å². The van der Waals surface area contributed by atoms with Crippen molar-refractivity contribution >= 4 is 17.4 Å². The summed E-state index contributed by atoms with van der Waals surface area (Å²) in [4.78, 5) is 12.4. The summed E-state index contributed by atoms with van der Waals surface area (Å²) in [6.07, 6.45) is 5.83. The summed E-state index contributed by atoms with van der Waals surface area (Å²) in [5, 5.41) is 0.421. The first kappa shape index (κ1) is 12.8. The number of ketones is 1. The minimum Gasteiger partial charge on any atom is -0.497 e. The van der Waals surface area contributed by atoms with Gasteiger partial charge in [-0.15, -0.1) is 0 Å². The topological polar surface area (TPSA) is 35.5 Å². The zero-order valence-corrected chi connectivity index (χ0v) is 11.8. The number of fused-ring (bicyclic) bond motifs is 1. The lowest BCUT2D eigenvalue weighted by Crippen LogP contribution is -2.43. The van der Waals surface area contributed by atoms with Crippen LogP contribution in [0.2, 0.25) is 5.02 Å². The Morgan fingerprint density at radius 2 is 2.00 bits per heavy atom. The highest BCUT2D eigenvalue weighted by Crippen LogP contribution is 2.45. The summed E-state index contributed by atoms with van der Waals surface area (Å²) < 4.78 is 11.4. The molecule has 1 aliphatic heterocycles. The molecule has 19 heavy (non-hydrogen) atoms. The summed E-state index contributed by atoms with van der Waals surface area (Å²) >= 11 is 6.17. The largest absolute Gasteiger partial charge is 0.497 e. The molecule has 0 amide bonds. The van der Waals surface area contributed by atoms with E-state index in [1.165, 1.54) is 6.42 Å². The molecule has 3 rings (SSSR count). The van der Waals surface area contributed by atoms with Crippen molar-refractivity contribution in [1.82, 2.24) is 0 Å². The van der Waals surface area contributed by atoms with Gasteiger partial charge in [0.05, 0.1) is 24.1 Å². The summed E-state index contributed by atoms with van der Waals surface area (Å²) in [5.41, 5.74) is 0.205. The molecular formula is C15H17ClO3. The molecule has 1 aromatic rings. The number of hydrogen-bond acceptors (Lipinski definition) is 3. The van der Waals surface area contributed by atoms with Crippen molar-refractivity contribution in [3.63, 3.8) is 0 Å². The molecule has 0 unspecified atom stereocenters. The van der Waals surface area contributed by atoms with E-state index in [9.17, 15) is 4.79 Å². The van der Waals surface area contributed by atoms with Crippen LogP contribution in [-0.4, -0.2) is 18.5 Å². The fourth-order valence-electron chi connectivity index (χ4n) is 3.15. The number of Topliss-reactive ketones (excluding diaryl/α,β-unsaturated/α-hetero) is 1. The molecule has 0 saturated heterocycles. The highest BCUT2D eigenvalue weighted by molar-refractivity contribution is 6.34. The van der Waals surface area contributed by atoms with Gasteiger partial charge in [-0.05, 0) is 31.7 Å². The van der Waals surface area contributed by atoms with E-state index in [0.29, 0.717) is 28.5 Å². The Morgan fingerprint density at radius 3 is 2.68 bits per heavy atom. The average molecular weight is 281 g/mol. The minimum atomic E-state index is -0.308. The first-order chi connectivity index (χ1) is 9.13. The quantitative estimate of drug-likeness (QED) is 0.779. The van der Waals surface area contributed by atoms with Gasteiger partial charge in [-0.25, -0.2) is 0 Å². The van der Waals surface area contributed by atoms with Crippen LogP contribution >= 0.6 is 11.6 Å². The molecule has 1 saturated carbocycles. The number of benzene rings is 1. The number of methoxy groups -OCH3 is 1. The molecule has 1 heterocycles. The van der Waals surface area contributed by atoms with Crippen molar-refractivity contribution in [2.24, 2.45) is 0 Å². The monoisotopic (exact) mass is 280 g/mol. The maximum Gasteiger partial charge on any atom is 0.172 e. The number of rotatable bonds is 1. The van der Waals surface area contributed by atoms with E-state index in [1.807, 2.05) is 0 Å². The minimum absolute atomic E-state index is 0.0933. The lowest BCUT2D eigenvalue weighted by Gasteiger charge is -2.40. The Labute approximate surface area is 117 Å². The molecule has 1 spiro atoms. The SMILES string of the molecule is COc1cc(Cl)c2c(c1)OC1(CCCCC1)CC2=O. The van der Waals surface area contributed by atoms with E-state index in [4.69, 9.17) is 21.1 Å². The van der Waals surface area contributed by atoms with Gasteiger partial charge in [0.15, 0.2) is 5.78 Å². The number of carbonyl (C=O) groups excluding carboxylic acids is 1. The Hall–Kier alpha value is -1.22. The van der Waals surface area contributed by atoms with Gasteiger partial charge in [0.1, 0.15) is 17.1 Å². The Morgan fingerprint density at radius 1 is 1.26 bits per heavy atom. The van der Waals surface area contributed by atoms with E-state index in [1.54, 1.807) is 19.2 Å². The lowest BCUT2D eigenvalue weighted by atomic mass is 9.78. The molecule has 0 aromatic heterocycles. The molecule has 3 nitrogen and oxygen atoms in total. The predicted octanol–water partition coefficient (Wildman–Crippen LogP) is 4.02. The molecule has 2 aliphatic rings. The fraction of sp³-hybridized carbons (Fsp3) is 0.533. The van der Waals surface area contributed by atoms with Crippen molar-refractivity contribution in [2.75, 3.05) is 7.11 Å². The van der Waals surface area contributed by atoms with Gasteiger partial charge in [-0.2, -0.15) is 0 Å². The smallest absolute Gasteiger partial charge is 0.172 e. The molecule has 0 N–H and O–H groups in total. The molecular weight excluding hydrogens is 264 g/mol. The molecule has 1 aromatic carbocycles. The molecule has 4 heteroatoms. The average Bonchev–Trinajstić information content (AvgIpc) is 2.38. The van der Waals surface area contributed by atoms with Gasteiger partial charge in [-0.1, -0.05) is 18.0 Å². The van der Waals surface area contributed by atoms with Crippen LogP contribution in [-0.2, 0) is 0 Å². The summed E-state index contributed by atoms with van der Waals surface area (Å²) in [6, 6.07) is 3.44. The third kappa shape index (κ3) is 2.20. The van der Waals surface area contributed by atoms with E-state index in [0.717, 1.165) is 25.7 Å². The molecule has 102 valence electrons. The van der Waals surface area contributed by atoms with Gasteiger partial charge in [0.2, 0.25) is 0 Å². The van der Waals surface area contributed by atoms with Crippen LogP contribution in [0.4, 0.5) is 0 Å². The first-order valence-electron chi connectivity index (χ1n) is 6.73. The van der Waals surface area contributed by atoms with Crippen LogP contribution in [0, 0.1) is 0 Å².